The minimum atomic E-state index is -1.13. The number of fused-ring (bicyclic) bond motifs is 7. The third-order valence-electron chi connectivity index (χ3n) is 16.5. The quantitative estimate of drug-likeness (QED) is 0.249. The number of benzene rings is 2. The molecule has 5 nitrogen and oxygen atoms in total. The monoisotopic (exact) mass is 788 g/mol. The van der Waals surface area contributed by atoms with Crippen molar-refractivity contribution in [3.63, 3.8) is 0 Å². The predicted molar refractivity (Wildman–Crippen MR) is 226 cm³/mol. The molecule has 0 heterocycles. The van der Waals surface area contributed by atoms with E-state index in [1.165, 1.54) is 11.1 Å². The van der Waals surface area contributed by atoms with Gasteiger partial charge in [0, 0.05) is 12.0 Å². The molecule has 58 heavy (non-hydrogen) atoms. The van der Waals surface area contributed by atoms with Crippen LogP contribution in [0.2, 0.25) is 0 Å². The second kappa shape index (κ2) is 15.0. The van der Waals surface area contributed by atoms with Gasteiger partial charge < -0.3 is 9.47 Å². The van der Waals surface area contributed by atoms with Gasteiger partial charge in [-0.15, -0.1) is 0 Å². The van der Waals surface area contributed by atoms with E-state index in [-0.39, 0.29) is 53.6 Å². The number of hydrogen-bond donors (Lipinski definition) is 0. The Labute approximate surface area is 346 Å². The van der Waals surface area contributed by atoms with Crippen molar-refractivity contribution in [3.05, 3.63) is 106 Å². The van der Waals surface area contributed by atoms with Crippen LogP contribution in [0.5, 0.6) is 0 Å². The summed E-state index contributed by atoms with van der Waals surface area (Å²) in [6, 6.07) is 19.5. The molecule has 0 aromatic heterocycles. The first kappa shape index (κ1) is 41.0. The topological polar surface area (TPSA) is 69.7 Å². The molecule has 9 atom stereocenters. The lowest BCUT2D eigenvalue weighted by atomic mass is 9.39. The lowest BCUT2D eigenvalue weighted by Crippen LogP contribution is -2.58. The number of esters is 2. The Morgan fingerprint density at radius 2 is 1.41 bits per heavy atom. The summed E-state index contributed by atoms with van der Waals surface area (Å²) in [5.74, 6) is 2.09. The molecule has 1 unspecified atom stereocenters. The lowest BCUT2D eigenvalue weighted by Gasteiger charge is -2.65. The minimum Gasteiger partial charge on any atom is -0.460 e. The fraction of sp³-hybridized carbons (Fsp3) is 0.596. The summed E-state index contributed by atoms with van der Waals surface area (Å²) < 4.78 is 26.6. The van der Waals surface area contributed by atoms with Crippen molar-refractivity contribution in [1.82, 2.24) is 0 Å². The molecular formula is C52H65FO5. The number of rotatable bonds is 8. The molecule has 0 N–H and O–H groups in total. The number of hydrogen-bond acceptors (Lipinski definition) is 5. The van der Waals surface area contributed by atoms with Crippen molar-refractivity contribution in [3.8, 4) is 0 Å². The van der Waals surface area contributed by atoms with Gasteiger partial charge >= 0.3 is 11.9 Å². The van der Waals surface area contributed by atoms with E-state index < -0.39 is 23.5 Å². The predicted octanol–water partition coefficient (Wildman–Crippen LogP) is 11.9. The Hall–Kier alpha value is -3.80. The van der Waals surface area contributed by atoms with Crippen molar-refractivity contribution in [2.45, 2.75) is 126 Å². The van der Waals surface area contributed by atoms with Gasteiger partial charge in [0.15, 0.2) is 5.78 Å². The van der Waals surface area contributed by atoms with Crippen molar-refractivity contribution in [1.29, 1.82) is 0 Å². The molecule has 8 rings (SSSR count). The van der Waals surface area contributed by atoms with E-state index in [2.05, 4.69) is 60.6 Å². The van der Waals surface area contributed by atoms with E-state index in [1.807, 2.05) is 60.7 Å². The standard InChI is InChI=1S/C52H65FO5/c1-33-28-41(36-20-25-51(32-53,26-21-36)46(55)57-30-34-14-10-8-11-15-34)49(5,6)39-22-24-50(7)38-23-27-52(47(56)58-31-35-16-12-9-13-17-35)29-42(54)45(48(2,3)4)44(52)37(38)18-19-40(50)43(33)39/h8-17,20,28,33,37-40,43H,18-19,21-27,29-32H2,1-7H3/t33?,37-,38+,39+,40+,43+,50-,51-,52+/m0/s1. The third-order valence-corrected chi connectivity index (χ3v) is 16.5. The van der Waals surface area contributed by atoms with Gasteiger partial charge in [-0.2, -0.15) is 0 Å². The second-order valence-corrected chi connectivity index (χ2v) is 21.0. The third kappa shape index (κ3) is 6.67. The fourth-order valence-corrected chi connectivity index (χ4v) is 13.7. The Morgan fingerprint density at radius 3 is 2.00 bits per heavy atom. The lowest BCUT2D eigenvalue weighted by molar-refractivity contribution is -0.163. The summed E-state index contributed by atoms with van der Waals surface area (Å²) in [7, 11) is 0. The molecule has 310 valence electrons. The molecule has 6 heteroatoms. The highest BCUT2D eigenvalue weighted by atomic mass is 19.1. The maximum Gasteiger partial charge on any atom is 0.317 e. The molecule has 0 amide bonds. The molecule has 0 bridgehead atoms. The van der Waals surface area contributed by atoms with Gasteiger partial charge in [0.2, 0.25) is 0 Å². The Bertz CT molecular complexity index is 2020. The molecule has 2 aromatic carbocycles. The smallest absolute Gasteiger partial charge is 0.317 e. The number of ketones is 1. The molecule has 0 spiro atoms. The van der Waals surface area contributed by atoms with Crippen LogP contribution >= 0.6 is 0 Å². The number of halogens is 1. The SMILES string of the molecule is CC1C=C(C2=CC[C@](CF)(C(=O)OCc3ccccc3)CC2)C(C)(C)[C@@H]2CC[C@]3(C)[C@H](CC[C@@H]4C5=C(C(C)(C)C)C(=O)C[C@]5(C(=O)OCc5ccccc5)CC[C@H]43)[C@H]12. The molecule has 0 radical (unpaired) electrons. The number of alkyl halides is 1. The van der Waals surface area contributed by atoms with Crippen LogP contribution in [0, 0.1) is 62.6 Å². The molecule has 2 aromatic rings. The molecule has 3 saturated carbocycles. The van der Waals surface area contributed by atoms with Crippen molar-refractivity contribution in [2.24, 2.45) is 62.6 Å². The maximum absolute atomic E-state index is 14.8. The summed E-state index contributed by atoms with van der Waals surface area (Å²) >= 11 is 0. The molecule has 6 aliphatic carbocycles. The van der Waals surface area contributed by atoms with Gasteiger partial charge in [-0.1, -0.05) is 121 Å². The Kier molecular flexibility index (Phi) is 10.6. The van der Waals surface area contributed by atoms with E-state index in [0.717, 1.165) is 54.4 Å². The van der Waals surface area contributed by atoms with Crippen molar-refractivity contribution < 1.29 is 28.2 Å². The van der Waals surface area contributed by atoms with Crippen LogP contribution in [0.3, 0.4) is 0 Å². The molecule has 3 fully saturated rings. The first-order valence-corrected chi connectivity index (χ1v) is 22.2. The maximum atomic E-state index is 14.8. The van der Waals surface area contributed by atoms with Crippen LogP contribution in [0.15, 0.2) is 95.1 Å². The van der Waals surface area contributed by atoms with Crippen molar-refractivity contribution >= 4 is 17.7 Å². The van der Waals surface area contributed by atoms with Gasteiger partial charge in [-0.05, 0) is 137 Å². The summed E-state index contributed by atoms with van der Waals surface area (Å²) in [5.41, 5.74) is 4.28. The first-order valence-electron chi connectivity index (χ1n) is 22.2. The van der Waals surface area contributed by atoms with Crippen LogP contribution in [-0.2, 0) is 37.1 Å². The number of carbonyl (C=O) groups is 3. The Balaban J connectivity index is 1.04. The zero-order valence-corrected chi connectivity index (χ0v) is 36.0. The van der Waals surface area contributed by atoms with E-state index in [0.29, 0.717) is 55.3 Å². The first-order chi connectivity index (χ1) is 27.6. The Morgan fingerprint density at radius 1 is 0.793 bits per heavy atom. The number of Topliss-reactive ketones (excluding diaryl/α,β-unsaturated/α-hetero) is 1. The van der Waals surface area contributed by atoms with Gasteiger partial charge in [0.25, 0.3) is 0 Å². The molecule has 0 aliphatic heterocycles. The molecular weight excluding hydrogens is 724 g/mol. The second-order valence-electron chi connectivity index (χ2n) is 21.0. The van der Waals surface area contributed by atoms with Crippen LogP contribution in [0.25, 0.3) is 0 Å². The van der Waals surface area contributed by atoms with E-state index in [4.69, 9.17) is 9.47 Å². The van der Waals surface area contributed by atoms with Crippen LogP contribution < -0.4 is 0 Å². The van der Waals surface area contributed by atoms with Gasteiger partial charge in [-0.25, -0.2) is 4.39 Å². The van der Waals surface area contributed by atoms with Crippen molar-refractivity contribution in [2.75, 3.05) is 6.67 Å². The van der Waals surface area contributed by atoms with Crippen LogP contribution in [-0.4, -0.2) is 24.4 Å². The zero-order valence-electron chi connectivity index (χ0n) is 36.0. The van der Waals surface area contributed by atoms with E-state index >= 15 is 0 Å². The number of ether oxygens (including phenoxy) is 2. The summed E-state index contributed by atoms with van der Waals surface area (Å²) in [4.78, 5) is 41.9. The zero-order chi connectivity index (χ0) is 41.3. The molecule has 6 aliphatic rings. The fourth-order valence-electron chi connectivity index (χ4n) is 13.7. The largest absolute Gasteiger partial charge is 0.460 e. The minimum absolute atomic E-state index is 0.0608. The van der Waals surface area contributed by atoms with Crippen LogP contribution in [0.4, 0.5) is 4.39 Å². The highest BCUT2D eigenvalue weighted by Crippen LogP contribution is 2.71. The summed E-state index contributed by atoms with van der Waals surface area (Å²) in [6.07, 6.45) is 12.4. The average molecular weight is 789 g/mol. The van der Waals surface area contributed by atoms with Gasteiger partial charge in [0.1, 0.15) is 19.9 Å². The molecule has 0 saturated heterocycles. The number of allylic oxidation sites excluding steroid dienone is 5. The number of carbonyl (C=O) groups excluding carboxylic acids is 3. The van der Waals surface area contributed by atoms with E-state index in [1.54, 1.807) is 0 Å². The normalized spacial score (nSPS) is 35.4. The average Bonchev–Trinajstić information content (AvgIpc) is 3.54. The van der Waals surface area contributed by atoms with Gasteiger partial charge in [0.05, 0.1) is 10.8 Å². The summed E-state index contributed by atoms with van der Waals surface area (Å²) in [5, 5.41) is 0. The summed E-state index contributed by atoms with van der Waals surface area (Å²) in [6.45, 7) is 16.0. The van der Waals surface area contributed by atoms with Gasteiger partial charge in [-0.3, -0.25) is 14.4 Å². The van der Waals surface area contributed by atoms with E-state index in [9.17, 15) is 18.8 Å². The highest BCUT2D eigenvalue weighted by molar-refractivity contribution is 6.06. The highest BCUT2D eigenvalue weighted by Gasteiger charge is 2.65. The van der Waals surface area contributed by atoms with Crippen LogP contribution in [0.1, 0.15) is 124 Å².